The predicted molar refractivity (Wildman–Crippen MR) is 95.4 cm³/mol. The summed E-state index contributed by atoms with van der Waals surface area (Å²) in [4.78, 5) is 0. The molecule has 2 fully saturated rings. The fourth-order valence-electron chi connectivity index (χ4n) is 5.86. The van der Waals surface area contributed by atoms with Crippen LogP contribution in [0.2, 0.25) is 0 Å². The summed E-state index contributed by atoms with van der Waals surface area (Å²) in [7, 11) is 0. The van der Waals surface area contributed by atoms with Crippen LogP contribution in [0.15, 0.2) is 60.7 Å². The molecule has 0 radical (unpaired) electrons. The number of aliphatic hydroxyl groups is 2. The van der Waals surface area contributed by atoms with Crippen molar-refractivity contribution in [2.75, 3.05) is 0 Å². The van der Waals surface area contributed by atoms with Crippen molar-refractivity contribution in [3.63, 3.8) is 0 Å². The Balaban J connectivity index is 2.02. The maximum atomic E-state index is 12.3. The topological polar surface area (TPSA) is 40.5 Å². The van der Waals surface area contributed by atoms with E-state index in [0.717, 1.165) is 30.4 Å². The van der Waals surface area contributed by atoms with Gasteiger partial charge >= 0.3 is 0 Å². The maximum Gasteiger partial charge on any atom is 0.123 e. The summed E-state index contributed by atoms with van der Waals surface area (Å²) in [5.41, 5.74) is -0.110. The first-order valence-electron chi connectivity index (χ1n) is 8.96. The van der Waals surface area contributed by atoms with Crippen LogP contribution >= 0.6 is 0 Å². The van der Waals surface area contributed by atoms with Gasteiger partial charge in [-0.25, -0.2) is 0 Å². The van der Waals surface area contributed by atoms with Crippen molar-refractivity contribution in [3.8, 4) is 0 Å². The zero-order valence-electron chi connectivity index (χ0n) is 14.4. The van der Waals surface area contributed by atoms with Crippen LogP contribution < -0.4 is 0 Å². The van der Waals surface area contributed by atoms with Crippen molar-refractivity contribution < 1.29 is 10.2 Å². The van der Waals surface area contributed by atoms with Gasteiger partial charge in [0.05, 0.1) is 6.10 Å². The Kier molecular flexibility index (Phi) is 3.42. The highest BCUT2D eigenvalue weighted by molar-refractivity contribution is 5.42. The summed E-state index contributed by atoms with van der Waals surface area (Å²) in [5, 5.41) is 23.4. The molecule has 4 rings (SSSR count). The molecule has 2 aromatic carbocycles. The Labute approximate surface area is 144 Å². The molecule has 0 aliphatic heterocycles. The van der Waals surface area contributed by atoms with E-state index >= 15 is 0 Å². The summed E-state index contributed by atoms with van der Waals surface area (Å²) in [6.45, 7) is 4.47. The van der Waals surface area contributed by atoms with Crippen molar-refractivity contribution in [1.82, 2.24) is 0 Å². The minimum atomic E-state index is -1.19. The molecule has 2 N–H and O–H groups in total. The van der Waals surface area contributed by atoms with Gasteiger partial charge in [0.15, 0.2) is 0 Å². The van der Waals surface area contributed by atoms with E-state index < -0.39 is 17.1 Å². The number of rotatable bonds is 3. The van der Waals surface area contributed by atoms with Crippen molar-refractivity contribution in [3.05, 3.63) is 71.8 Å². The van der Waals surface area contributed by atoms with Crippen LogP contribution in [0.4, 0.5) is 0 Å². The van der Waals surface area contributed by atoms with Gasteiger partial charge in [-0.15, -0.1) is 0 Å². The molecule has 2 bridgehead atoms. The molecule has 0 heterocycles. The molecule has 3 atom stereocenters. The lowest BCUT2D eigenvalue weighted by Crippen LogP contribution is -2.56. The quantitative estimate of drug-likeness (QED) is 0.893. The molecule has 2 saturated carbocycles. The van der Waals surface area contributed by atoms with Gasteiger partial charge in [-0.3, -0.25) is 0 Å². The summed E-state index contributed by atoms with van der Waals surface area (Å²) in [6, 6.07) is 19.8. The first kappa shape index (κ1) is 15.9. The SMILES string of the molecule is CC1(C)[C@@H]2CC[C@@]1(C(O)(c1ccccc1)c1ccccc1)[C@@H](O)C2. The van der Waals surface area contributed by atoms with E-state index in [9.17, 15) is 10.2 Å². The van der Waals surface area contributed by atoms with Crippen molar-refractivity contribution in [2.24, 2.45) is 16.7 Å². The lowest BCUT2D eigenvalue weighted by molar-refractivity contribution is -0.152. The molecular formula is C22H26O2. The zero-order valence-corrected chi connectivity index (χ0v) is 14.4. The van der Waals surface area contributed by atoms with Gasteiger partial charge in [0.1, 0.15) is 5.60 Å². The lowest BCUT2D eigenvalue weighted by atomic mass is 9.54. The first-order chi connectivity index (χ1) is 11.4. The molecule has 0 amide bonds. The number of benzene rings is 2. The Morgan fingerprint density at radius 2 is 1.42 bits per heavy atom. The van der Waals surface area contributed by atoms with Crippen molar-refractivity contribution in [2.45, 2.75) is 44.8 Å². The average Bonchev–Trinajstić information content (AvgIpc) is 2.98. The highest BCUT2D eigenvalue weighted by Gasteiger charge is 2.72. The molecule has 0 aromatic heterocycles. The Morgan fingerprint density at radius 3 is 1.79 bits per heavy atom. The third kappa shape index (κ3) is 1.73. The van der Waals surface area contributed by atoms with Gasteiger partial charge in [-0.05, 0) is 41.7 Å². The molecule has 2 aliphatic rings. The number of aliphatic hydroxyl groups excluding tert-OH is 1. The second kappa shape index (κ2) is 5.18. The third-order valence-electron chi connectivity index (χ3n) is 7.16. The smallest absolute Gasteiger partial charge is 0.123 e. The van der Waals surface area contributed by atoms with E-state index in [4.69, 9.17) is 0 Å². The summed E-state index contributed by atoms with van der Waals surface area (Å²) in [6.07, 6.45) is 2.23. The number of fused-ring (bicyclic) bond motifs is 2. The average molecular weight is 322 g/mol. The van der Waals surface area contributed by atoms with Crippen LogP contribution in [0.1, 0.15) is 44.2 Å². The van der Waals surface area contributed by atoms with Crippen molar-refractivity contribution >= 4 is 0 Å². The molecule has 126 valence electrons. The predicted octanol–water partition coefficient (Wildman–Crippen LogP) is 4.11. The molecule has 24 heavy (non-hydrogen) atoms. The summed E-state index contributed by atoms with van der Waals surface area (Å²) >= 11 is 0. The highest BCUT2D eigenvalue weighted by atomic mass is 16.3. The lowest BCUT2D eigenvalue weighted by Gasteiger charge is -2.53. The van der Waals surface area contributed by atoms with E-state index in [2.05, 4.69) is 13.8 Å². The van der Waals surface area contributed by atoms with Gasteiger partial charge in [0.25, 0.3) is 0 Å². The molecule has 2 aromatic rings. The second-order valence-electron chi connectivity index (χ2n) is 8.12. The monoisotopic (exact) mass is 322 g/mol. The molecule has 2 heteroatoms. The first-order valence-corrected chi connectivity index (χ1v) is 8.96. The van der Waals surface area contributed by atoms with Gasteiger partial charge in [0, 0.05) is 5.41 Å². The highest BCUT2D eigenvalue weighted by Crippen LogP contribution is 2.72. The summed E-state index contributed by atoms with van der Waals surface area (Å²) in [5.74, 6) is 0.464. The Hall–Kier alpha value is -1.64. The minimum absolute atomic E-state index is 0.118. The van der Waals surface area contributed by atoms with E-state index in [-0.39, 0.29) is 5.41 Å². The summed E-state index contributed by atoms with van der Waals surface area (Å²) < 4.78 is 0. The number of hydrogen-bond donors (Lipinski definition) is 2. The molecule has 0 spiro atoms. The van der Waals surface area contributed by atoms with Gasteiger partial charge in [0.2, 0.25) is 0 Å². The minimum Gasteiger partial charge on any atom is -0.392 e. The van der Waals surface area contributed by atoms with Crippen LogP contribution in [0.5, 0.6) is 0 Å². The van der Waals surface area contributed by atoms with E-state index in [1.54, 1.807) is 0 Å². The molecule has 0 unspecified atom stereocenters. The maximum absolute atomic E-state index is 12.3. The van der Waals surface area contributed by atoms with Crippen LogP contribution in [-0.2, 0) is 5.60 Å². The van der Waals surface area contributed by atoms with E-state index in [0.29, 0.717) is 5.92 Å². The zero-order chi connectivity index (χ0) is 17.0. The Morgan fingerprint density at radius 1 is 0.917 bits per heavy atom. The normalized spacial score (nSPS) is 31.3. The van der Waals surface area contributed by atoms with Gasteiger partial charge in [-0.2, -0.15) is 0 Å². The molecule has 2 nitrogen and oxygen atoms in total. The largest absolute Gasteiger partial charge is 0.392 e. The third-order valence-corrected chi connectivity index (χ3v) is 7.16. The van der Waals surface area contributed by atoms with Gasteiger partial charge < -0.3 is 10.2 Å². The standard InChI is InChI=1S/C22H26O2/c1-20(2)18-13-14-21(20,19(23)15-18)22(24,16-9-5-3-6-10-16)17-11-7-4-8-12-17/h3-12,18-19,23-24H,13-15H2,1-2H3/t18-,19+,21-/m1/s1. The van der Waals surface area contributed by atoms with Crippen molar-refractivity contribution in [1.29, 1.82) is 0 Å². The molecular weight excluding hydrogens is 296 g/mol. The van der Waals surface area contributed by atoms with E-state index in [1.165, 1.54) is 0 Å². The second-order valence-corrected chi connectivity index (χ2v) is 8.12. The Bertz CT molecular complexity index is 683. The fraction of sp³-hybridized carbons (Fsp3) is 0.455. The molecule has 0 saturated heterocycles. The van der Waals surface area contributed by atoms with Crippen LogP contribution in [0, 0.1) is 16.7 Å². The van der Waals surface area contributed by atoms with E-state index in [1.807, 2.05) is 60.7 Å². The van der Waals surface area contributed by atoms with Crippen LogP contribution in [0.25, 0.3) is 0 Å². The van der Waals surface area contributed by atoms with Crippen LogP contribution in [-0.4, -0.2) is 16.3 Å². The number of hydrogen-bond acceptors (Lipinski definition) is 2. The van der Waals surface area contributed by atoms with Crippen LogP contribution in [0.3, 0.4) is 0 Å². The fourth-order valence-corrected chi connectivity index (χ4v) is 5.86. The molecule has 2 aliphatic carbocycles. The van der Waals surface area contributed by atoms with Gasteiger partial charge in [-0.1, -0.05) is 74.5 Å².